The topological polar surface area (TPSA) is 44.4 Å². The average molecular weight is 255 g/mol. The Bertz CT molecular complexity index is 225. The Balaban J connectivity index is 2.09. The van der Waals surface area contributed by atoms with E-state index < -0.39 is 0 Å². The maximum atomic E-state index is 11.7. The fourth-order valence-corrected chi connectivity index (χ4v) is 2.36. The predicted octanol–water partition coefficient (Wildman–Crippen LogP) is 1.37. The molecule has 1 heterocycles. The van der Waals surface area contributed by atoms with E-state index in [-0.39, 0.29) is 5.91 Å². The second-order valence-electron chi connectivity index (χ2n) is 5.14. The van der Waals surface area contributed by atoms with Crippen molar-refractivity contribution in [2.24, 2.45) is 0 Å². The highest BCUT2D eigenvalue weighted by molar-refractivity contribution is 5.76. The standard InChI is InChI=1S/C14H29N3O/c1-3-5-10-17-11-7-13(8-12-17)16-14(18)6-9-15-4-2/h13,15H,3-12H2,1-2H3,(H,16,18). The molecule has 0 bridgehead atoms. The molecule has 0 saturated carbocycles. The Hall–Kier alpha value is -0.610. The quantitative estimate of drug-likeness (QED) is 0.644. The number of nitrogens with zero attached hydrogens (tertiary/aromatic N) is 1. The molecule has 1 aliphatic rings. The second kappa shape index (κ2) is 9.34. The first-order chi connectivity index (χ1) is 8.76. The molecule has 106 valence electrons. The highest BCUT2D eigenvalue weighted by atomic mass is 16.1. The number of piperidine rings is 1. The summed E-state index contributed by atoms with van der Waals surface area (Å²) in [5.41, 5.74) is 0. The molecule has 0 aromatic rings. The third kappa shape index (κ3) is 6.36. The number of likely N-dealkylation sites (tertiary alicyclic amines) is 1. The van der Waals surface area contributed by atoms with E-state index in [1.165, 1.54) is 19.4 Å². The zero-order chi connectivity index (χ0) is 13.2. The zero-order valence-corrected chi connectivity index (χ0v) is 12.0. The molecule has 1 aliphatic heterocycles. The molecule has 1 amide bonds. The monoisotopic (exact) mass is 255 g/mol. The first kappa shape index (κ1) is 15.4. The number of carbonyl (C=O) groups excluding carboxylic acids is 1. The highest BCUT2D eigenvalue weighted by Gasteiger charge is 2.19. The van der Waals surface area contributed by atoms with Gasteiger partial charge in [0, 0.05) is 32.1 Å². The molecule has 0 aliphatic carbocycles. The summed E-state index contributed by atoms with van der Waals surface area (Å²) in [6, 6.07) is 0.400. The molecule has 18 heavy (non-hydrogen) atoms. The van der Waals surface area contributed by atoms with Gasteiger partial charge >= 0.3 is 0 Å². The van der Waals surface area contributed by atoms with Crippen LogP contribution in [0.2, 0.25) is 0 Å². The van der Waals surface area contributed by atoms with E-state index >= 15 is 0 Å². The summed E-state index contributed by atoms with van der Waals surface area (Å²) in [5, 5.41) is 6.33. The van der Waals surface area contributed by atoms with Crippen molar-refractivity contribution in [1.82, 2.24) is 15.5 Å². The van der Waals surface area contributed by atoms with Crippen LogP contribution in [0.15, 0.2) is 0 Å². The molecule has 0 unspecified atom stereocenters. The van der Waals surface area contributed by atoms with E-state index in [1.54, 1.807) is 0 Å². The van der Waals surface area contributed by atoms with Crippen LogP contribution in [0, 0.1) is 0 Å². The molecule has 4 nitrogen and oxygen atoms in total. The summed E-state index contributed by atoms with van der Waals surface area (Å²) < 4.78 is 0. The van der Waals surface area contributed by atoms with Gasteiger partial charge in [-0.15, -0.1) is 0 Å². The molecule has 0 spiro atoms. The summed E-state index contributed by atoms with van der Waals surface area (Å²) in [6.07, 6.45) is 5.37. The molecule has 2 N–H and O–H groups in total. The van der Waals surface area contributed by atoms with E-state index in [0.717, 1.165) is 39.0 Å². The third-order valence-electron chi connectivity index (χ3n) is 3.56. The van der Waals surface area contributed by atoms with Crippen molar-refractivity contribution in [1.29, 1.82) is 0 Å². The van der Waals surface area contributed by atoms with Gasteiger partial charge in [-0.3, -0.25) is 4.79 Å². The number of rotatable bonds is 8. The second-order valence-corrected chi connectivity index (χ2v) is 5.14. The number of unbranched alkanes of at least 4 members (excludes halogenated alkanes) is 1. The highest BCUT2D eigenvalue weighted by Crippen LogP contribution is 2.11. The normalized spacial score (nSPS) is 17.9. The Morgan fingerprint density at radius 3 is 2.61 bits per heavy atom. The SMILES string of the molecule is CCCCN1CCC(NC(=O)CCNCC)CC1. The Morgan fingerprint density at radius 1 is 1.28 bits per heavy atom. The van der Waals surface area contributed by atoms with Crippen molar-refractivity contribution in [2.75, 3.05) is 32.7 Å². The number of hydrogen-bond donors (Lipinski definition) is 2. The van der Waals surface area contributed by atoms with Gasteiger partial charge in [0.1, 0.15) is 0 Å². The van der Waals surface area contributed by atoms with Gasteiger partial charge in [0.2, 0.25) is 5.91 Å². The molecule has 0 atom stereocenters. The van der Waals surface area contributed by atoms with Gasteiger partial charge in [0.25, 0.3) is 0 Å². The van der Waals surface area contributed by atoms with Crippen molar-refractivity contribution in [3.8, 4) is 0 Å². The molecule has 0 aromatic heterocycles. The minimum atomic E-state index is 0.197. The van der Waals surface area contributed by atoms with Crippen LogP contribution in [0.1, 0.15) is 46.0 Å². The Kier molecular flexibility index (Phi) is 8.01. The number of nitrogens with one attached hydrogen (secondary N) is 2. The molecule has 0 aromatic carbocycles. The van der Waals surface area contributed by atoms with Crippen LogP contribution in [-0.2, 0) is 4.79 Å². The van der Waals surface area contributed by atoms with Gasteiger partial charge in [-0.05, 0) is 32.4 Å². The lowest BCUT2D eigenvalue weighted by molar-refractivity contribution is -0.122. The molecule has 4 heteroatoms. The summed E-state index contributed by atoms with van der Waals surface area (Å²) in [7, 11) is 0. The van der Waals surface area contributed by atoms with Crippen LogP contribution in [0.3, 0.4) is 0 Å². The van der Waals surface area contributed by atoms with Gasteiger partial charge < -0.3 is 15.5 Å². The minimum absolute atomic E-state index is 0.197. The summed E-state index contributed by atoms with van der Waals surface area (Å²) in [5.74, 6) is 0.197. The van der Waals surface area contributed by atoms with E-state index in [1.807, 2.05) is 0 Å². The van der Waals surface area contributed by atoms with Gasteiger partial charge in [0.05, 0.1) is 0 Å². The molecule has 0 radical (unpaired) electrons. The van der Waals surface area contributed by atoms with Crippen molar-refractivity contribution in [3.63, 3.8) is 0 Å². The van der Waals surface area contributed by atoms with Crippen LogP contribution in [0.25, 0.3) is 0 Å². The molecule has 1 saturated heterocycles. The van der Waals surface area contributed by atoms with Crippen molar-refractivity contribution in [3.05, 3.63) is 0 Å². The van der Waals surface area contributed by atoms with E-state index in [9.17, 15) is 4.79 Å². The first-order valence-electron chi connectivity index (χ1n) is 7.48. The van der Waals surface area contributed by atoms with Crippen LogP contribution in [-0.4, -0.2) is 49.6 Å². The smallest absolute Gasteiger partial charge is 0.221 e. The fraction of sp³-hybridized carbons (Fsp3) is 0.929. The van der Waals surface area contributed by atoms with E-state index in [4.69, 9.17) is 0 Å². The van der Waals surface area contributed by atoms with E-state index in [2.05, 4.69) is 29.4 Å². The van der Waals surface area contributed by atoms with Crippen LogP contribution >= 0.6 is 0 Å². The van der Waals surface area contributed by atoms with Crippen molar-refractivity contribution in [2.45, 2.75) is 52.0 Å². The van der Waals surface area contributed by atoms with Gasteiger partial charge in [0.15, 0.2) is 0 Å². The first-order valence-corrected chi connectivity index (χ1v) is 7.48. The lowest BCUT2D eigenvalue weighted by Gasteiger charge is -2.32. The molecule has 1 rings (SSSR count). The third-order valence-corrected chi connectivity index (χ3v) is 3.56. The van der Waals surface area contributed by atoms with Crippen molar-refractivity contribution >= 4 is 5.91 Å². The maximum absolute atomic E-state index is 11.7. The fourth-order valence-electron chi connectivity index (χ4n) is 2.36. The molecular formula is C14H29N3O. The maximum Gasteiger partial charge on any atom is 0.221 e. The largest absolute Gasteiger partial charge is 0.353 e. The van der Waals surface area contributed by atoms with Crippen LogP contribution in [0.4, 0.5) is 0 Å². The predicted molar refractivity (Wildman–Crippen MR) is 75.7 cm³/mol. The lowest BCUT2D eigenvalue weighted by atomic mass is 10.0. The summed E-state index contributed by atoms with van der Waals surface area (Å²) in [4.78, 5) is 14.2. The van der Waals surface area contributed by atoms with Gasteiger partial charge in [-0.25, -0.2) is 0 Å². The number of carbonyl (C=O) groups is 1. The average Bonchev–Trinajstić information content (AvgIpc) is 2.38. The lowest BCUT2D eigenvalue weighted by Crippen LogP contribution is -2.45. The molecular weight excluding hydrogens is 226 g/mol. The summed E-state index contributed by atoms with van der Waals surface area (Å²) >= 11 is 0. The van der Waals surface area contributed by atoms with Gasteiger partial charge in [-0.1, -0.05) is 20.3 Å². The van der Waals surface area contributed by atoms with Crippen LogP contribution < -0.4 is 10.6 Å². The molecule has 1 fully saturated rings. The minimum Gasteiger partial charge on any atom is -0.353 e. The number of amides is 1. The number of hydrogen-bond acceptors (Lipinski definition) is 3. The Morgan fingerprint density at radius 2 is 2.00 bits per heavy atom. The van der Waals surface area contributed by atoms with Crippen LogP contribution in [0.5, 0.6) is 0 Å². The van der Waals surface area contributed by atoms with E-state index in [0.29, 0.717) is 12.5 Å². The summed E-state index contributed by atoms with van der Waals surface area (Å²) in [6.45, 7) is 9.51. The van der Waals surface area contributed by atoms with Crippen molar-refractivity contribution < 1.29 is 4.79 Å². The zero-order valence-electron chi connectivity index (χ0n) is 12.0. The Labute approximate surface area is 111 Å². The van der Waals surface area contributed by atoms with Gasteiger partial charge in [-0.2, -0.15) is 0 Å².